The van der Waals surface area contributed by atoms with Crippen molar-refractivity contribution in [3.63, 3.8) is 0 Å². The van der Waals surface area contributed by atoms with Crippen LogP contribution in [0.2, 0.25) is 5.15 Å². The van der Waals surface area contributed by atoms with Crippen molar-refractivity contribution in [3.8, 4) is 11.3 Å². The van der Waals surface area contributed by atoms with Gasteiger partial charge in [-0.2, -0.15) is 13.2 Å². The first-order valence-corrected chi connectivity index (χ1v) is 7.53. The zero-order valence-corrected chi connectivity index (χ0v) is 13.0. The Morgan fingerprint density at radius 3 is 2.75 bits per heavy atom. The van der Waals surface area contributed by atoms with E-state index in [1.54, 1.807) is 0 Å². The lowest BCUT2D eigenvalue weighted by Crippen LogP contribution is -2.22. The standard InChI is InChI=1S/C15H13ClF3N3O2/c16-13-7(3-1-5-21-13)11-10(15(17,18)19)9(14(20)24)12-8(23)4-2-6-22(11)12/h1,3,5,8,23H,2,4,6H2,(H2,20,24). The van der Waals surface area contributed by atoms with E-state index >= 15 is 0 Å². The molecule has 2 aromatic rings. The van der Waals surface area contributed by atoms with Gasteiger partial charge in [-0.3, -0.25) is 4.79 Å². The molecule has 1 unspecified atom stereocenters. The number of amides is 1. The Bertz CT molecular complexity index is 817. The van der Waals surface area contributed by atoms with E-state index in [1.807, 2.05) is 0 Å². The van der Waals surface area contributed by atoms with Crippen molar-refractivity contribution in [2.45, 2.75) is 31.7 Å². The van der Waals surface area contributed by atoms with E-state index in [0.717, 1.165) is 0 Å². The number of hydrogen-bond donors (Lipinski definition) is 2. The fraction of sp³-hybridized carbons (Fsp3) is 0.333. The lowest BCUT2D eigenvalue weighted by molar-refractivity contribution is -0.137. The molecule has 0 saturated heterocycles. The van der Waals surface area contributed by atoms with E-state index in [1.165, 1.54) is 22.9 Å². The van der Waals surface area contributed by atoms with Gasteiger partial charge in [-0.1, -0.05) is 11.6 Å². The number of nitrogens with two attached hydrogens (primary N) is 1. The molecule has 0 saturated carbocycles. The van der Waals surface area contributed by atoms with Gasteiger partial charge in [0, 0.05) is 18.3 Å². The molecule has 0 aromatic carbocycles. The van der Waals surface area contributed by atoms with Crippen molar-refractivity contribution in [2.24, 2.45) is 5.73 Å². The molecule has 5 nitrogen and oxygen atoms in total. The molecule has 3 N–H and O–H groups in total. The second-order valence-corrected chi connectivity index (χ2v) is 5.86. The number of aromatic nitrogens is 2. The number of fused-ring (bicyclic) bond motifs is 1. The quantitative estimate of drug-likeness (QED) is 0.808. The van der Waals surface area contributed by atoms with Crippen LogP contribution in [-0.4, -0.2) is 20.6 Å². The Labute approximate surface area is 139 Å². The molecule has 1 aliphatic rings. The molecule has 1 aliphatic heterocycles. The van der Waals surface area contributed by atoms with Crippen molar-refractivity contribution < 1.29 is 23.1 Å². The summed E-state index contributed by atoms with van der Waals surface area (Å²) in [6, 6.07) is 2.84. The predicted molar refractivity (Wildman–Crippen MR) is 80.4 cm³/mol. The topological polar surface area (TPSA) is 81.1 Å². The monoisotopic (exact) mass is 359 g/mol. The second kappa shape index (κ2) is 5.78. The van der Waals surface area contributed by atoms with Gasteiger partial charge in [0.15, 0.2) is 0 Å². The molecule has 128 valence electrons. The molecular formula is C15H13ClF3N3O2. The first-order valence-electron chi connectivity index (χ1n) is 7.15. The highest BCUT2D eigenvalue weighted by atomic mass is 35.5. The predicted octanol–water partition coefficient (Wildman–Crippen LogP) is 3.15. The molecule has 3 rings (SSSR count). The Hall–Kier alpha value is -2.06. The molecule has 1 amide bonds. The molecule has 9 heteroatoms. The van der Waals surface area contributed by atoms with Crippen LogP contribution in [0, 0.1) is 0 Å². The minimum Gasteiger partial charge on any atom is -0.387 e. The van der Waals surface area contributed by atoms with Gasteiger partial charge in [0.05, 0.1) is 28.6 Å². The van der Waals surface area contributed by atoms with Crippen LogP contribution in [0.4, 0.5) is 13.2 Å². The number of hydrogen-bond acceptors (Lipinski definition) is 3. The molecule has 3 heterocycles. The Morgan fingerprint density at radius 2 is 2.17 bits per heavy atom. The summed E-state index contributed by atoms with van der Waals surface area (Å²) in [5, 5.41) is 10.0. The first kappa shape index (κ1) is 16.8. The summed E-state index contributed by atoms with van der Waals surface area (Å²) >= 11 is 5.98. The van der Waals surface area contributed by atoms with Crippen molar-refractivity contribution in [2.75, 3.05) is 0 Å². The van der Waals surface area contributed by atoms with Crippen LogP contribution in [0.15, 0.2) is 18.3 Å². The maximum Gasteiger partial charge on any atom is 0.419 e. The largest absolute Gasteiger partial charge is 0.419 e. The van der Waals surface area contributed by atoms with Crippen LogP contribution in [0.1, 0.15) is 40.6 Å². The van der Waals surface area contributed by atoms with Gasteiger partial charge >= 0.3 is 6.18 Å². The first-order chi connectivity index (χ1) is 11.2. The maximum absolute atomic E-state index is 13.7. The zero-order chi connectivity index (χ0) is 17.6. The van der Waals surface area contributed by atoms with E-state index in [0.29, 0.717) is 6.42 Å². The fourth-order valence-electron chi connectivity index (χ4n) is 3.16. The highest BCUT2D eigenvalue weighted by Gasteiger charge is 2.45. The summed E-state index contributed by atoms with van der Waals surface area (Å²) in [4.78, 5) is 15.6. The zero-order valence-electron chi connectivity index (χ0n) is 12.3. The molecule has 0 fully saturated rings. The molecule has 2 aromatic heterocycles. The van der Waals surface area contributed by atoms with E-state index in [2.05, 4.69) is 4.98 Å². The van der Waals surface area contributed by atoms with Gasteiger partial charge in [-0.05, 0) is 25.0 Å². The van der Waals surface area contributed by atoms with Crippen LogP contribution in [0.3, 0.4) is 0 Å². The van der Waals surface area contributed by atoms with Crippen LogP contribution in [-0.2, 0) is 12.7 Å². The van der Waals surface area contributed by atoms with Crippen molar-refractivity contribution in [1.29, 1.82) is 0 Å². The van der Waals surface area contributed by atoms with E-state index in [4.69, 9.17) is 17.3 Å². The SMILES string of the molecule is NC(=O)c1c(C(F)(F)F)c(-c2cccnc2Cl)n2c1C(O)CCC2. The third kappa shape index (κ3) is 2.55. The van der Waals surface area contributed by atoms with Crippen molar-refractivity contribution >= 4 is 17.5 Å². The number of aliphatic hydroxyl groups excluding tert-OH is 1. The minimum absolute atomic E-state index is 0.0364. The Balaban J connectivity index is 2.46. The third-order valence-corrected chi connectivity index (χ3v) is 4.32. The van der Waals surface area contributed by atoms with Gasteiger partial charge in [-0.25, -0.2) is 4.98 Å². The number of primary amides is 1. The van der Waals surface area contributed by atoms with Crippen LogP contribution >= 0.6 is 11.6 Å². The molecule has 0 spiro atoms. The lowest BCUT2D eigenvalue weighted by Gasteiger charge is -2.23. The molecular weight excluding hydrogens is 347 g/mol. The van der Waals surface area contributed by atoms with Gasteiger partial charge in [0.1, 0.15) is 5.15 Å². The molecule has 0 radical (unpaired) electrons. The van der Waals surface area contributed by atoms with Gasteiger partial charge in [0.25, 0.3) is 5.91 Å². The summed E-state index contributed by atoms with van der Waals surface area (Å²) in [7, 11) is 0. The Morgan fingerprint density at radius 1 is 1.46 bits per heavy atom. The summed E-state index contributed by atoms with van der Waals surface area (Å²) < 4.78 is 42.5. The van der Waals surface area contributed by atoms with Gasteiger partial charge < -0.3 is 15.4 Å². The smallest absolute Gasteiger partial charge is 0.387 e. The van der Waals surface area contributed by atoms with Crippen molar-refractivity contribution in [1.82, 2.24) is 9.55 Å². The lowest BCUT2D eigenvalue weighted by atomic mass is 10.00. The second-order valence-electron chi connectivity index (χ2n) is 5.50. The van der Waals surface area contributed by atoms with Crippen LogP contribution in [0.25, 0.3) is 11.3 Å². The molecule has 0 bridgehead atoms. The summed E-state index contributed by atoms with van der Waals surface area (Å²) in [6.07, 6.45) is -3.98. The fourth-order valence-corrected chi connectivity index (χ4v) is 3.37. The number of carbonyl (C=O) groups is 1. The number of carbonyl (C=O) groups excluding carboxylic acids is 1. The highest BCUT2D eigenvalue weighted by molar-refractivity contribution is 6.32. The Kier molecular flexibility index (Phi) is 4.05. The summed E-state index contributed by atoms with van der Waals surface area (Å²) in [5.41, 5.74) is 2.96. The van der Waals surface area contributed by atoms with Crippen LogP contribution in [0.5, 0.6) is 0 Å². The number of nitrogens with zero attached hydrogens (tertiary/aromatic N) is 2. The number of aliphatic hydroxyl groups is 1. The van der Waals surface area contributed by atoms with E-state index in [9.17, 15) is 23.1 Å². The molecule has 24 heavy (non-hydrogen) atoms. The number of rotatable bonds is 2. The average molecular weight is 360 g/mol. The maximum atomic E-state index is 13.7. The normalized spacial score (nSPS) is 17.6. The number of halogens is 4. The van der Waals surface area contributed by atoms with E-state index < -0.39 is 29.3 Å². The van der Waals surface area contributed by atoms with Gasteiger partial charge in [-0.15, -0.1) is 0 Å². The highest BCUT2D eigenvalue weighted by Crippen LogP contribution is 2.47. The average Bonchev–Trinajstić information content (AvgIpc) is 2.84. The molecule has 0 aliphatic carbocycles. The van der Waals surface area contributed by atoms with E-state index in [-0.39, 0.29) is 35.1 Å². The molecule has 1 atom stereocenters. The minimum atomic E-state index is -4.84. The number of alkyl halides is 3. The summed E-state index contributed by atoms with van der Waals surface area (Å²) in [5.74, 6) is -1.24. The van der Waals surface area contributed by atoms with Gasteiger partial charge in [0.2, 0.25) is 0 Å². The third-order valence-electron chi connectivity index (χ3n) is 4.02. The van der Waals surface area contributed by atoms with Crippen LogP contribution < -0.4 is 5.73 Å². The van der Waals surface area contributed by atoms with Crippen molar-refractivity contribution in [3.05, 3.63) is 40.3 Å². The summed E-state index contributed by atoms with van der Waals surface area (Å²) in [6.45, 7) is 0.212. The number of pyridine rings is 1.